The lowest BCUT2D eigenvalue weighted by molar-refractivity contribution is -0.0593. The van der Waals surface area contributed by atoms with Crippen molar-refractivity contribution in [3.8, 4) is 5.75 Å². The molecule has 0 atom stereocenters. The average Bonchev–Trinajstić information content (AvgIpc) is 2.78. The zero-order chi connectivity index (χ0) is 21.8. The third-order valence-corrected chi connectivity index (χ3v) is 5.90. The predicted molar refractivity (Wildman–Crippen MR) is 113 cm³/mol. The largest absolute Gasteiger partial charge is 0.506 e. The van der Waals surface area contributed by atoms with Crippen molar-refractivity contribution >= 4 is 17.9 Å². The van der Waals surface area contributed by atoms with Crippen LogP contribution in [0.5, 0.6) is 5.75 Å². The Labute approximate surface area is 180 Å². The van der Waals surface area contributed by atoms with E-state index in [0.717, 1.165) is 24.3 Å². The number of carbonyl (C=O) groups is 1. The maximum Gasteiger partial charge on any atom is 0.506 e. The van der Waals surface area contributed by atoms with Gasteiger partial charge in [0.05, 0.1) is 0 Å². The molecule has 1 fully saturated rings. The molecule has 0 aliphatic carbocycles. The van der Waals surface area contributed by atoms with Crippen molar-refractivity contribution in [2.24, 2.45) is 5.73 Å². The Morgan fingerprint density at radius 1 is 1.23 bits per heavy atom. The number of piperidine rings is 1. The third kappa shape index (κ3) is 4.79. The van der Waals surface area contributed by atoms with E-state index in [1.54, 1.807) is 6.20 Å². The number of fused-ring (bicyclic) bond motifs is 1. The lowest BCUT2D eigenvalue weighted by Crippen LogP contribution is -2.50. The molecule has 4 N–H and O–H groups in total. The van der Waals surface area contributed by atoms with E-state index in [-0.39, 0.29) is 12.6 Å². The molecule has 10 heteroatoms. The number of anilines is 1. The zero-order valence-corrected chi connectivity index (χ0v) is 17.2. The van der Waals surface area contributed by atoms with Crippen LogP contribution in [0.1, 0.15) is 24.0 Å². The van der Waals surface area contributed by atoms with Crippen LogP contribution >= 0.6 is 0 Å². The van der Waals surface area contributed by atoms with Crippen LogP contribution in [0.15, 0.2) is 36.8 Å². The van der Waals surface area contributed by atoms with E-state index in [9.17, 15) is 9.90 Å². The van der Waals surface area contributed by atoms with Crippen molar-refractivity contribution in [2.75, 3.05) is 31.1 Å². The maximum atomic E-state index is 11.4. The zero-order valence-electron chi connectivity index (χ0n) is 17.2. The normalized spacial score (nSPS) is 17.5. The minimum Gasteiger partial charge on any atom is -0.489 e. The summed E-state index contributed by atoms with van der Waals surface area (Å²) in [5, 5.41) is 17.0. The Bertz CT molecular complexity index is 946. The van der Waals surface area contributed by atoms with Gasteiger partial charge in [-0.05, 0) is 35.7 Å². The molecule has 0 radical (unpaired) electrons. The number of benzene rings is 1. The molecular formula is C21H26N6O4. The van der Waals surface area contributed by atoms with Crippen molar-refractivity contribution in [3.63, 3.8) is 0 Å². The van der Waals surface area contributed by atoms with E-state index in [2.05, 4.69) is 14.9 Å². The van der Waals surface area contributed by atoms with Gasteiger partial charge in [0.25, 0.3) is 0 Å². The first-order valence-corrected chi connectivity index (χ1v) is 10.2. The van der Waals surface area contributed by atoms with Gasteiger partial charge >= 0.3 is 6.16 Å². The van der Waals surface area contributed by atoms with Crippen molar-refractivity contribution in [1.82, 2.24) is 14.9 Å². The summed E-state index contributed by atoms with van der Waals surface area (Å²) in [5.41, 5.74) is 6.98. The molecular weight excluding hydrogens is 400 g/mol. The van der Waals surface area contributed by atoms with Crippen molar-refractivity contribution in [1.29, 1.82) is 5.41 Å². The summed E-state index contributed by atoms with van der Waals surface area (Å²) in [6, 6.07) is 7.69. The number of guanidine groups is 1. The van der Waals surface area contributed by atoms with E-state index in [0.29, 0.717) is 38.2 Å². The fourth-order valence-electron chi connectivity index (χ4n) is 4.12. The lowest BCUT2D eigenvalue weighted by atomic mass is 9.91. The Morgan fingerprint density at radius 3 is 2.71 bits per heavy atom. The number of nitrogens with zero attached hydrogens (tertiary/aromatic N) is 4. The van der Waals surface area contributed by atoms with Gasteiger partial charge in [0.15, 0.2) is 11.6 Å². The van der Waals surface area contributed by atoms with Gasteiger partial charge in [-0.2, -0.15) is 0 Å². The number of hydrogen-bond acceptors (Lipinski definition) is 7. The van der Waals surface area contributed by atoms with Crippen LogP contribution in [-0.2, 0) is 17.7 Å². The molecule has 31 heavy (non-hydrogen) atoms. The van der Waals surface area contributed by atoms with Crippen molar-refractivity contribution < 1.29 is 19.4 Å². The smallest absolute Gasteiger partial charge is 0.489 e. The molecule has 3 heterocycles. The van der Waals surface area contributed by atoms with Gasteiger partial charge in [-0.3, -0.25) is 5.41 Å². The van der Waals surface area contributed by atoms with Crippen LogP contribution in [0, 0.1) is 5.41 Å². The fourth-order valence-corrected chi connectivity index (χ4v) is 4.12. The molecule has 0 bridgehead atoms. The molecule has 1 aromatic heterocycles. The lowest BCUT2D eigenvalue weighted by Gasteiger charge is -2.40. The quantitative estimate of drug-likeness (QED) is 0.371. The van der Waals surface area contributed by atoms with E-state index in [4.69, 9.17) is 20.6 Å². The molecule has 2 aliphatic heterocycles. The highest BCUT2D eigenvalue weighted by Gasteiger charge is 2.40. The van der Waals surface area contributed by atoms with Crippen molar-refractivity contribution in [2.45, 2.75) is 31.4 Å². The summed E-state index contributed by atoms with van der Waals surface area (Å²) >= 11 is 0. The predicted octanol–water partition coefficient (Wildman–Crippen LogP) is 1.84. The monoisotopic (exact) mass is 426 g/mol. The highest BCUT2D eigenvalue weighted by Crippen LogP contribution is 2.31. The van der Waals surface area contributed by atoms with Crippen LogP contribution < -0.4 is 15.4 Å². The SMILES string of the molecule is N=C(N)N1CCc2ccc(OCC3(OC(=O)O)CCN(c4ccncn4)CC3)cc2C1. The standard InChI is InChI=1S/C21H26N6O4/c22-19(23)27-8-4-15-1-2-17(11-16(15)12-27)30-13-21(31-20(28)29)5-9-26(10-6-21)18-3-7-24-14-25-18/h1-3,7,11,14H,4-6,8-10,12-13H2,(H3,22,23)(H,28,29). The molecule has 164 valence electrons. The first-order valence-electron chi connectivity index (χ1n) is 10.2. The summed E-state index contributed by atoms with van der Waals surface area (Å²) < 4.78 is 11.3. The van der Waals surface area contributed by atoms with Gasteiger partial charge in [0.2, 0.25) is 0 Å². The molecule has 0 saturated carbocycles. The number of carboxylic acid groups (broad SMARTS) is 1. The second-order valence-corrected chi connectivity index (χ2v) is 7.88. The summed E-state index contributed by atoms with van der Waals surface area (Å²) in [6.07, 6.45) is 3.68. The van der Waals surface area contributed by atoms with Crippen LogP contribution in [-0.4, -0.2) is 63.9 Å². The number of aromatic nitrogens is 2. The Hall–Kier alpha value is -3.56. The number of nitrogens with two attached hydrogens (primary N) is 1. The summed E-state index contributed by atoms with van der Waals surface area (Å²) in [4.78, 5) is 23.5. The van der Waals surface area contributed by atoms with E-state index in [1.165, 1.54) is 11.9 Å². The molecule has 2 aliphatic rings. The van der Waals surface area contributed by atoms with Gasteiger partial charge in [-0.25, -0.2) is 14.8 Å². The van der Waals surface area contributed by atoms with Gasteiger partial charge in [0.1, 0.15) is 24.5 Å². The Balaban J connectivity index is 1.43. The minimum absolute atomic E-state index is 0.0567. The molecule has 1 aromatic carbocycles. The second kappa shape index (κ2) is 8.66. The molecule has 4 rings (SSSR count). The number of rotatable bonds is 5. The third-order valence-electron chi connectivity index (χ3n) is 5.90. The number of nitrogens with one attached hydrogen (secondary N) is 1. The molecule has 0 spiro atoms. The Morgan fingerprint density at radius 2 is 2.03 bits per heavy atom. The highest BCUT2D eigenvalue weighted by molar-refractivity contribution is 5.75. The highest BCUT2D eigenvalue weighted by atomic mass is 16.7. The van der Waals surface area contributed by atoms with Gasteiger partial charge in [0, 0.05) is 45.2 Å². The first kappa shape index (κ1) is 20.7. The maximum absolute atomic E-state index is 11.4. The van der Waals surface area contributed by atoms with Gasteiger partial charge < -0.3 is 30.1 Å². The van der Waals surface area contributed by atoms with E-state index >= 15 is 0 Å². The van der Waals surface area contributed by atoms with E-state index in [1.807, 2.05) is 29.2 Å². The number of ether oxygens (including phenoxy) is 2. The Kier molecular flexibility index (Phi) is 5.79. The summed E-state index contributed by atoms with van der Waals surface area (Å²) in [5.74, 6) is 1.52. The summed E-state index contributed by atoms with van der Waals surface area (Å²) in [7, 11) is 0. The van der Waals surface area contributed by atoms with Crippen LogP contribution in [0.2, 0.25) is 0 Å². The van der Waals surface area contributed by atoms with Gasteiger partial charge in [-0.15, -0.1) is 0 Å². The minimum atomic E-state index is -1.30. The molecule has 2 aromatic rings. The van der Waals surface area contributed by atoms with Gasteiger partial charge in [-0.1, -0.05) is 6.07 Å². The number of hydrogen-bond donors (Lipinski definition) is 3. The van der Waals surface area contributed by atoms with Crippen molar-refractivity contribution in [3.05, 3.63) is 47.9 Å². The molecule has 10 nitrogen and oxygen atoms in total. The fraction of sp³-hybridized carbons (Fsp3) is 0.429. The molecule has 0 amide bonds. The molecule has 1 saturated heterocycles. The first-order chi connectivity index (χ1) is 14.9. The summed E-state index contributed by atoms with van der Waals surface area (Å²) in [6.45, 7) is 2.62. The van der Waals surface area contributed by atoms with Crippen LogP contribution in [0.3, 0.4) is 0 Å². The van der Waals surface area contributed by atoms with Crippen LogP contribution in [0.25, 0.3) is 0 Å². The molecule has 0 unspecified atom stereocenters. The average molecular weight is 426 g/mol. The van der Waals surface area contributed by atoms with E-state index < -0.39 is 11.8 Å². The topological polar surface area (TPSA) is 138 Å². The van der Waals surface area contributed by atoms with Crippen LogP contribution in [0.4, 0.5) is 10.6 Å². The second-order valence-electron chi connectivity index (χ2n) is 7.88.